The molecule has 0 saturated heterocycles. The zero-order valence-electron chi connectivity index (χ0n) is 27.0. The van der Waals surface area contributed by atoms with Crippen molar-refractivity contribution in [2.45, 2.75) is 70.3 Å². The van der Waals surface area contributed by atoms with E-state index in [-0.39, 0.29) is 35.4 Å². The van der Waals surface area contributed by atoms with Gasteiger partial charge in [-0.3, -0.25) is 4.79 Å². The SMILES string of the molecule is CC1(C)CCCCC(C)(c2cccc(CC(=O)O)c2)c2cnc([nH]2)-c2cc(ccc2F)Oc2c(F)cc3[nH]ccc3c2Cn2cc1nn2. The average molecular weight is 651 g/mol. The Morgan fingerprint density at radius 2 is 1.88 bits per heavy atom. The van der Waals surface area contributed by atoms with Crippen LogP contribution in [0.25, 0.3) is 22.3 Å². The van der Waals surface area contributed by atoms with E-state index in [0.29, 0.717) is 22.5 Å². The molecule has 0 spiro atoms. The molecule has 246 valence electrons. The highest BCUT2D eigenvalue weighted by Crippen LogP contribution is 2.40. The second kappa shape index (κ2) is 12.0. The minimum atomic E-state index is -0.904. The van der Waals surface area contributed by atoms with Crippen LogP contribution in [0.15, 0.2) is 73.2 Å². The van der Waals surface area contributed by atoms with Crippen LogP contribution in [0.5, 0.6) is 11.5 Å². The zero-order valence-corrected chi connectivity index (χ0v) is 27.0. The Kier molecular flexibility index (Phi) is 7.85. The number of aliphatic carboxylic acids is 1. The van der Waals surface area contributed by atoms with Crippen LogP contribution in [-0.4, -0.2) is 41.0 Å². The van der Waals surface area contributed by atoms with E-state index in [1.54, 1.807) is 17.1 Å². The van der Waals surface area contributed by atoms with Gasteiger partial charge in [-0.05, 0) is 55.2 Å². The molecule has 48 heavy (non-hydrogen) atoms. The first-order valence-corrected chi connectivity index (χ1v) is 16.0. The molecule has 0 radical (unpaired) electrons. The molecule has 3 aromatic carbocycles. The Labute approximate surface area is 276 Å². The van der Waals surface area contributed by atoms with E-state index in [1.165, 1.54) is 24.3 Å². The summed E-state index contributed by atoms with van der Waals surface area (Å²) in [6.45, 7) is 6.59. The Morgan fingerprint density at radius 3 is 2.71 bits per heavy atom. The maximum atomic E-state index is 15.7. The monoisotopic (exact) mass is 650 g/mol. The summed E-state index contributed by atoms with van der Waals surface area (Å²) in [5, 5.41) is 19.2. The molecule has 0 saturated carbocycles. The van der Waals surface area contributed by atoms with Crippen molar-refractivity contribution in [1.82, 2.24) is 29.9 Å². The van der Waals surface area contributed by atoms with Crippen molar-refractivity contribution in [1.29, 1.82) is 0 Å². The third-order valence-corrected chi connectivity index (χ3v) is 9.65. The van der Waals surface area contributed by atoms with E-state index in [1.807, 2.05) is 36.5 Å². The van der Waals surface area contributed by atoms with Gasteiger partial charge in [0.25, 0.3) is 0 Å². The highest BCUT2D eigenvalue weighted by atomic mass is 19.1. The fraction of sp³-hybridized carbons (Fsp3) is 0.297. The number of halogens is 2. The summed E-state index contributed by atoms with van der Waals surface area (Å²) in [5.41, 5.74) is 3.71. The van der Waals surface area contributed by atoms with Crippen molar-refractivity contribution in [2.24, 2.45) is 0 Å². The van der Waals surface area contributed by atoms with Crippen LogP contribution in [0, 0.1) is 11.6 Å². The van der Waals surface area contributed by atoms with Gasteiger partial charge in [-0.15, -0.1) is 5.10 Å². The number of imidazole rings is 1. The number of carbonyl (C=O) groups is 1. The molecule has 11 heteroatoms. The fourth-order valence-corrected chi connectivity index (χ4v) is 6.75. The van der Waals surface area contributed by atoms with Gasteiger partial charge in [0.05, 0.1) is 24.2 Å². The number of aromatic amines is 2. The lowest BCUT2D eigenvalue weighted by molar-refractivity contribution is -0.136. The van der Waals surface area contributed by atoms with Crippen LogP contribution in [0.3, 0.4) is 0 Å². The van der Waals surface area contributed by atoms with Gasteiger partial charge in [-0.2, -0.15) is 0 Å². The van der Waals surface area contributed by atoms with Gasteiger partial charge in [0.15, 0.2) is 11.6 Å². The topological polar surface area (TPSA) is 122 Å². The standard InChI is InChI=1S/C37H36F2N6O3/c1-36(2)12-4-5-13-37(3,23-8-6-7-22(15-23)16-33(46)47)31-19-41-35(42-31)26-17-24(9-10-28(26)38)48-34-27(20-45-21-32(36)43-44-45)25-11-14-40-30(25)18-29(34)39/h6-11,14-15,17-19,21,40H,4-5,12-13,16,20H2,1-3H3,(H,41,42)(H,46,47). The summed E-state index contributed by atoms with van der Waals surface area (Å²) in [6.07, 6.45) is 8.56. The summed E-state index contributed by atoms with van der Waals surface area (Å²) in [5.74, 6) is -1.43. The molecule has 1 atom stereocenters. The molecular weight excluding hydrogens is 614 g/mol. The summed E-state index contributed by atoms with van der Waals surface area (Å²) in [4.78, 5) is 22.6. The Balaban J connectivity index is 1.36. The lowest BCUT2D eigenvalue weighted by Crippen LogP contribution is -2.25. The molecule has 6 aromatic rings. The van der Waals surface area contributed by atoms with Crippen molar-refractivity contribution in [2.75, 3.05) is 0 Å². The van der Waals surface area contributed by atoms with Gasteiger partial charge in [0, 0.05) is 57.6 Å². The second-order valence-corrected chi connectivity index (χ2v) is 13.5. The average Bonchev–Trinajstić information content (AvgIpc) is 3.83. The molecule has 9 nitrogen and oxygen atoms in total. The molecule has 3 N–H and O–H groups in total. The smallest absolute Gasteiger partial charge is 0.307 e. The van der Waals surface area contributed by atoms with Gasteiger partial charge < -0.3 is 19.8 Å². The highest BCUT2D eigenvalue weighted by Gasteiger charge is 2.33. The molecular formula is C37H36F2N6O3. The van der Waals surface area contributed by atoms with Crippen molar-refractivity contribution >= 4 is 16.9 Å². The summed E-state index contributed by atoms with van der Waals surface area (Å²) < 4.78 is 39.1. The number of hydrogen-bond acceptors (Lipinski definition) is 5. The van der Waals surface area contributed by atoms with Crippen molar-refractivity contribution < 1.29 is 23.4 Å². The number of carboxylic acid groups (broad SMARTS) is 1. The van der Waals surface area contributed by atoms with Crippen molar-refractivity contribution in [3.05, 3.63) is 113 Å². The number of rotatable bonds is 3. The van der Waals surface area contributed by atoms with Crippen LogP contribution >= 0.6 is 0 Å². The zero-order chi connectivity index (χ0) is 33.6. The number of ether oxygens (including phenoxy) is 1. The van der Waals surface area contributed by atoms with Crippen molar-refractivity contribution in [3.63, 3.8) is 0 Å². The Bertz CT molecular complexity index is 2150. The van der Waals surface area contributed by atoms with Gasteiger partial charge in [-0.25, -0.2) is 18.4 Å². The van der Waals surface area contributed by atoms with Crippen LogP contribution in [0.1, 0.15) is 74.5 Å². The van der Waals surface area contributed by atoms with E-state index in [2.05, 4.69) is 46.0 Å². The number of hydrogen-bond donors (Lipinski definition) is 3. The first kappa shape index (κ1) is 31.3. The molecule has 7 rings (SSSR count). The molecule has 4 heterocycles. The first-order valence-electron chi connectivity index (χ1n) is 16.0. The maximum absolute atomic E-state index is 15.7. The van der Waals surface area contributed by atoms with Gasteiger partial charge in [0.1, 0.15) is 17.4 Å². The number of benzene rings is 3. The Hall–Kier alpha value is -5.32. The normalized spacial score (nSPS) is 17.9. The molecule has 1 aliphatic heterocycles. The Morgan fingerprint density at radius 1 is 1.04 bits per heavy atom. The second-order valence-electron chi connectivity index (χ2n) is 13.5. The van der Waals surface area contributed by atoms with Crippen LogP contribution in [-0.2, 0) is 28.6 Å². The quantitative estimate of drug-likeness (QED) is 0.178. The van der Waals surface area contributed by atoms with E-state index < -0.39 is 23.0 Å². The largest absolute Gasteiger partial charge is 0.481 e. The molecule has 1 aliphatic rings. The van der Waals surface area contributed by atoms with Crippen LogP contribution in [0.2, 0.25) is 0 Å². The van der Waals surface area contributed by atoms with Crippen LogP contribution in [0.4, 0.5) is 8.78 Å². The summed E-state index contributed by atoms with van der Waals surface area (Å²) in [6, 6.07) is 15.1. The fourth-order valence-electron chi connectivity index (χ4n) is 6.75. The molecule has 0 aliphatic carbocycles. The third kappa shape index (κ3) is 5.85. The lowest BCUT2D eigenvalue weighted by Gasteiger charge is -2.30. The number of fused-ring (bicyclic) bond motifs is 10. The van der Waals surface area contributed by atoms with E-state index in [9.17, 15) is 9.90 Å². The molecule has 1 unspecified atom stereocenters. The van der Waals surface area contributed by atoms with E-state index in [4.69, 9.17) is 4.74 Å². The first-order chi connectivity index (χ1) is 23.0. The highest BCUT2D eigenvalue weighted by molar-refractivity contribution is 5.85. The van der Waals surface area contributed by atoms with Crippen LogP contribution < -0.4 is 4.74 Å². The maximum Gasteiger partial charge on any atom is 0.307 e. The number of nitrogens with zero attached hydrogens (tertiary/aromatic N) is 4. The van der Waals surface area contributed by atoms with Gasteiger partial charge >= 0.3 is 5.97 Å². The number of aromatic nitrogens is 6. The summed E-state index contributed by atoms with van der Waals surface area (Å²) in [7, 11) is 0. The molecule has 0 fully saturated rings. The molecule has 0 amide bonds. The number of H-pyrrole nitrogens is 2. The number of carboxylic acids is 1. The minimum Gasteiger partial charge on any atom is -0.481 e. The van der Waals surface area contributed by atoms with E-state index >= 15 is 8.78 Å². The lowest BCUT2D eigenvalue weighted by atomic mass is 9.74. The van der Waals surface area contributed by atoms with Gasteiger partial charge in [-0.1, -0.05) is 56.2 Å². The number of nitrogens with one attached hydrogen (secondary N) is 2. The predicted octanol–water partition coefficient (Wildman–Crippen LogP) is 8.05. The third-order valence-electron chi connectivity index (χ3n) is 9.65. The summed E-state index contributed by atoms with van der Waals surface area (Å²) >= 11 is 0. The van der Waals surface area contributed by atoms with Gasteiger partial charge in [0.2, 0.25) is 0 Å². The van der Waals surface area contributed by atoms with Crippen molar-refractivity contribution in [3.8, 4) is 22.9 Å². The minimum absolute atomic E-state index is 0.0165. The predicted molar refractivity (Wildman–Crippen MR) is 177 cm³/mol. The molecule has 3 aromatic heterocycles. The molecule has 6 bridgehead atoms. The van der Waals surface area contributed by atoms with E-state index in [0.717, 1.165) is 48.0 Å².